The van der Waals surface area contributed by atoms with Gasteiger partial charge in [-0.2, -0.15) is 0 Å². The van der Waals surface area contributed by atoms with Gasteiger partial charge in [-0.1, -0.05) is 0 Å². The van der Waals surface area contributed by atoms with Crippen molar-refractivity contribution in [1.82, 2.24) is 9.39 Å². The van der Waals surface area contributed by atoms with E-state index in [0.29, 0.717) is 6.42 Å². The third-order valence-corrected chi connectivity index (χ3v) is 13.1. The van der Waals surface area contributed by atoms with E-state index in [4.69, 9.17) is 4.74 Å². The van der Waals surface area contributed by atoms with Gasteiger partial charge in [-0.15, -0.1) is 0 Å². The Morgan fingerprint density at radius 3 is 1.74 bits per heavy atom. The van der Waals surface area contributed by atoms with Gasteiger partial charge in [0.05, 0.1) is 0 Å². The standard InChI is InChI=1S/C29H32N3O5PS/c1-31(2)21-12-22-37-29-20-19-27(23-28(29)32(33)34)39(35,36)30-38(24-13-6-3-7-14-24,25-15-8-4-9-16-25)26-17-10-5-11-18-26/h3-11,13-20,23,30,38H,12,21-22H2,1-2H3. The van der Waals surface area contributed by atoms with E-state index in [1.165, 1.54) is 12.1 Å². The molecule has 1 N–H and O–H groups in total. The van der Waals surface area contributed by atoms with Crippen molar-refractivity contribution in [3.63, 3.8) is 0 Å². The van der Waals surface area contributed by atoms with Crippen molar-refractivity contribution in [2.75, 3.05) is 27.2 Å². The second-order valence-corrected chi connectivity index (χ2v) is 14.9. The van der Waals surface area contributed by atoms with Crippen molar-refractivity contribution < 1.29 is 18.1 Å². The van der Waals surface area contributed by atoms with Crippen molar-refractivity contribution in [1.29, 1.82) is 0 Å². The maximum atomic E-state index is 14.0. The average Bonchev–Trinajstić information content (AvgIpc) is 2.95. The number of nitrogens with zero attached hydrogens (tertiary/aromatic N) is 2. The molecule has 0 radical (unpaired) electrons. The molecule has 0 aliphatic rings. The Morgan fingerprint density at radius 2 is 1.31 bits per heavy atom. The molecule has 0 saturated carbocycles. The van der Waals surface area contributed by atoms with Gasteiger partial charge in [0, 0.05) is 0 Å². The summed E-state index contributed by atoms with van der Waals surface area (Å²) in [6.45, 7) is 1.03. The molecule has 0 bridgehead atoms. The van der Waals surface area contributed by atoms with Crippen LogP contribution in [0.5, 0.6) is 5.75 Å². The molecule has 4 rings (SSSR count). The van der Waals surface area contributed by atoms with Gasteiger partial charge in [-0.05, 0) is 0 Å². The van der Waals surface area contributed by atoms with E-state index in [2.05, 4.69) is 4.49 Å². The van der Waals surface area contributed by atoms with Gasteiger partial charge in [-0.3, -0.25) is 0 Å². The number of hydrogen-bond donors (Lipinski definition) is 1. The predicted molar refractivity (Wildman–Crippen MR) is 159 cm³/mol. The number of nitro benzene ring substituents is 1. The topological polar surface area (TPSA) is 102 Å². The van der Waals surface area contributed by atoms with Crippen LogP contribution in [-0.4, -0.2) is 45.5 Å². The van der Waals surface area contributed by atoms with Crippen molar-refractivity contribution in [2.24, 2.45) is 0 Å². The summed E-state index contributed by atoms with van der Waals surface area (Å²) in [4.78, 5) is 13.1. The predicted octanol–water partition coefficient (Wildman–Crippen LogP) is 3.85. The number of sulfonamides is 1. The molecule has 4 aromatic rings. The van der Waals surface area contributed by atoms with Crippen LogP contribution in [0.15, 0.2) is 114 Å². The van der Waals surface area contributed by atoms with Gasteiger partial charge < -0.3 is 0 Å². The molecule has 0 atom stereocenters. The monoisotopic (exact) mass is 565 g/mol. The number of ether oxygens (including phenoxy) is 1. The Kier molecular flexibility index (Phi) is 9.09. The molecule has 0 aromatic heterocycles. The third kappa shape index (κ3) is 6.52. The van der Waals surface area contributed by atoms with Crippen LogP contribution in [0.3, 0.4) is 0 Å². The van der Waals surface area contributed by atoms with Gasteiger partial charge in [-0.25, -0.2) is 0 Å². The summed E-state index contributed by atoms with van der Waals surface area (Å²) in [5.74, 6) is 0.0374. The summed E-state index contributed by atoms with van der Waals surface area (Å²) in [5.41, 5.74) is -0.394. The first-order chi connectivity index (χ1) is 18.7. The molecule has 0 amide bonds. The van der Waals surface area contributed by atoms with Crippen LogP contribution >= 0.6 is 7.41 Å². The Bertz CT molecular complexity index is 1410. The molecule has 0 aliphatic heterocycles. The number of benzene rings is 4. The second kappa shape index (κ2) is 12.5. The summed E-state index contributed by atoms with van der Waals surface area (Å²) in [6.07, 6.45) is 0.672. The van der Waals surface area contributed by atoms with Crippen LogP contribution in [0.4, 0.5) is 5.69 Å². The zero-order valence-electron chi connectivity index (χ0n) is 21.9. The third-order valence-electron chi connectivity index (χ3n) is 6.35. The molecular formula is C29H32N3O5PS. The second-order valence-electron chi connectivity index (χ2n) is 9.35. The molecule has 0 spiro atoms. The Labute approximate surface area is 229 Å². The summed E-state index contributed by atoms with van der Waals surface area (Å²) in [6, 6.07) is 32.2. The van der Waals surface area contributed by atoms with Gasteiger partial charge >= 0.3 is 230 Å². The fourth-order valence-electron chi connectivity index (χ4n) is 4.49. The number of nitro groups is 1. The summed E-state index contributed by atoms with van der Waals surface area (Å²) in [7, 11) is -3.75. The van der Waals surface area contributed by atoms with E-state index in [0.717, 1.165) is 28.5 Å². The average molecular weight is 566 g/mol. The maximum absolute atomic E-state index is 14.0. The van der Waals surface area contributed by atoms with Crippen LogP contribution in [0.25, 0.3) is 0 Å². The summed E-state index contributed by atoms with van der Waals surface area (Å²) >= 11 is 0. The van der Waals surface area contributed by atoms with E-state index >= 15 is 0 Å². The van der Waals surface area contributed by atoms with Crippen molar-refractivity contribution in [2.45, 2.75) is 11.3 Å². The SMILES string of the molecule is CN(C)CCCOc1ccc(S(=O)(=O)N[PH](c2ccccc2)(c2ccccc2)c2ccccc2)cc1[N+](=O)[O-]. The zero-order chi connectivity index (χ0) is 27.9. The normalized spacial score (nSPS) is 12.3. The Morgan fingerprint density at radius 1 is 0.821 bits per heavy atom. The van der Waals surface area contributed by atoms with Crippen LogP contribution in [0.1, 0.15) is 6.42 Å². The number of hydrogen-bond acceptors (Lipinski definition) is 6. The molecule has 0 heterocycles. The minimum absolute atomic E-state index is 0.0374. The van der Waals surface area contributed by atoms with Crippen LogP contribution < -0.4 is 25.1 Å². The molecule has 0 unspecified atom stereocenters. The van der Waals surface area contributed by atoms with E-state index in [9.17, 15) is 18.5 Å². The molecule has 10 heteroatoms. The van der Waals surface area contributed by atoms with E-state index in [1.807, 2.05) is 110 Å². The Hall–Kier alpha value is -3.62. The number of rotatable bonds is 12. The van der Waals surface area contributed by atoms with E-state index < -0.39 is 28.0 Å². The molecule has 39 heavy (non-hydrogen) atoms. The summed E-state index contributed by atoms with van der Waals surface area (Å²) < 4.78 is 36.8. The molecule has 0 saturated heterocycles. The van der Waals surface area contributed by atoms with Crippen LogP contribution in [0.2, 0.25) is 0 Å². The zero-order valence-corrected chi connectivity index (χ0v) is 23.7. The molecule has 0 aliphatic carbocycles. The Balaban J connectivity index is 1.81. The molecule has 8 nitrogen and oxygen atoms in total. The quantitative estimate of drug-likeness (QED) is 0.121. The van der Waals surface area contributed by atoms with Crippen molar-refractivity contribution >= 4 is 39.0 Å². The van der Waals surface area contributed by atoms with Crippen molar-refractivity contribution in [3.8, 4) is 5.75 Å². The molecule has 4 aromatic carbocycles. The molecule has 204 valence electrons. The van der Waals surface area contributed by atoms with E-state index in [-0.39, 0.29) is 17.3 Å². The van der Waals surface area contributed by atoms with Gasteiger partial charge in [0.15, 0.2) is 0 Å². The molecule has 0 fully saturated rings. The minimum atomic E-state index is -4.23. The molecular weight excluding hydrogens is 533 g/mol. The number of nitrogens with one attached hydrogen (secondary N) is 1. The first kappa shape index (κ1) is 28.4. The summed E-state index contributed by atoms with van der Waals surface area (Å²) in [5, 5.41) is 14.4. The van der Waals surface area contributed by atoms with Gasteiger partial charge in [0.1, 0.15) is 0 Å². The van der Waals surface area contributed by atoms with Crippen LogP contribution in [-0.2, 0) is 10.0 Å². The first-order valence-electron chi connectivity index (χ1n) is 12.5. The van der Waals surface area contributed by atoms with Crippen molar-refractivity contribution in [3.05, 3.63) is 119 Å². The fourth-order valence-corrected chi connectivity index (χ4v) is 11.6. The van der Waals surface area contributed by atoms with Gasteiger partial charge in [0.25, 0.3) is 0 Å². The van der Waals surface area contributed by atoms with Gasteiger partial charge in [0.2, 0.25) is 0 Å². The van der Waals surface area contributed by atoms with E-state index in [1.54, 1.807) is 0 Å². The van der Waals surface area contributed by atoms with Crippen LogP contribution in [0, 0.1) is 10.1 Å². The first-order valence-corrected chi connectivity index (χ1v) is 16.0. The fraction of sp³-hybridized carbons (Fsp3) is 0.172.